The minimum Gasteiger partial charge on any atom is -0.375 e. The molecule has 0 N–H and O–H groups in total. The molecule has 1 heterocycles. The molecule has 0 bridgehead atoms. The molecular weight excluding hydrogens is 280 g/mol. The van der Waals surface area contributed by atoms with Crippen LogP contribution in [-0.4, -0.2) is 61.5 Å². The number of ether oxygens (including phenoxy) is 1. The highest BCUT2D eigenvalue weighted by molar-refractivity contribution is 6.33. The summed E-state index contributed by atoms with van der Waals surface area (Å²) in [5.74, 6) is -0.133. The van der Waals surface area contributed by atoms with Crippen LogP contribution in [0.3, 0.4) is 0 Å². The summed E-state index contributed by atoms with van der Waals surface area (Å²) in [4.78, 5) is 27.4. The molecule has 2 amide bonds. The van der Waals surface area contributed by atoms with Crippen LogP contribution in [0.2, 0.25) is 5.02 Å². The number of halogens is 1. The van der Waals surface area contributed by atoms with Crippen LogP contribution >= 0.6 is 11.6 Å². The van der Waals surface area contributed by atoms with E-state index >= 15 is 0 Å². The fraction of sp³-hybridized carbons (Fsp3) is 0.429. The van der Waals surface area contributed by atoms with Gasteiger partial charge in [0.15, 0.2) is 0 Å². The van der Waals surface area contributed by atoms with E-state index in [0.717, 1.165) is 0 Å². The highest BCUT2D eigenvalue weighted by atomic mass is 35.5. The first kappa shape index (κ1) is 14.8. The number of nitrogens with zero attached hydrogens (tertiary/aromatic N) is 2. The Kier molecular flexibility index (Phi) is 4.98. The molecule has 1 aliphatic heterocycles. The van der Waals surface area contributed by atoms with Gasteiger partial charge in [0, 0.05) is 33.3 Å². The number of carbonyl (C=O) groups excluding carboxylic acids is 2. The van der Waals surface area contributed by atoms with Crippen molar-refractivity contribution in [1.29, 1.82) is 0 Å². The van der Waals surface area contributed by atoms with Gasteiger partial charge < -0.3 is 14.5 Å². The zero-order valence-corrected chi connectivity index (χ0v) is 12.1. The van der Waals surface area contributed by atoms with Crippen LogP contribution < -0.4 is 0 Å². The normalized spacial score (nSPS) is 15.3. The second kappa shape index (κ2) is 6.72. The highest BCUT2D eigenvalue weighted by Gasteiger charge is 2.25. The summed E-state index contributed by atoms with van der Waals surface area (Å²) in [5, 5.41) is 0.454. The third-order valence-corrected chi connectivity index (χ3v) is 3.62. The standard InChI is InChI=1S/C14H17ClN2O3/c1-20-10-13(18)16-6-8-17(9-7-16)14(19)11-4-2-3-5-12(11)15/h2-5H,6-10H2,1H3. The number of hydrogen-bond donors (Lipinski definition) is 0. The van der Waals surface area contributed by atoms with Gasteiger partial charge >= 0.3 is 0 Å². The fourth-order valence-corrected chi connectivity index (χ4v) is 2.40. The van der Waals surface area contributed by atoms with Gasteiger partial charge in [0.2, 0.25) is 5.91 Å². The van der Waals surface area contributed by atoms with Gasteiger partial charge in [-0.1, -0.05) is 23.7 Å². The van der Waals surface area contributed by atoms with Crippen LogP contribution in [0.25, 0.3) is 0 Å². The minimum absolute atomic E-state index is 0.0441. The molecule has 0 spiro atoms. The van der Waals surface area contributed by atoms with Gasteiger partial charge in [-0.2, -0.15) is 0 Å². The summed E-state index contributed by atoms with van der Waals surface area (Å²) in [6.45, 7) is 2.16. The van der Waals surface area contributed by atoms with Gasteiger partial charge in [-0.15, -0.1) is 0 Å². The molecule has 20 heavy (non-hydrogen) atoms. The molecule has 0 aliphatic carbocycles. The molecule has 1 aliphatic rings. The first-order valence-corrected chi connectivity index (χ1v) is 6.82. The lowest BCUT2D eigenvalue weighted by Crippen LogP contribution is -2.51. The van der Waals surface area contributed by atoms with Crippen molar-refractivity contribution in [2.45, 2.75) is 0 Å². The van der Waals surface area contributed by atoms with Crippen molar-refractivity contribution in [3.05, 3.63) is 34.9 Å². The van der Waals surface area contributed by atoms with E-state index in [0.29, 0.717) is 36.8 Å². The van der Waals surface area contributed by atoms with E-state index in [4.69, 9.17) is 16.3 Å². The number of methoxy groups -OCH3 is 1. The first-order chi connectivity index (χ1) is 9.63. The minimum atomic E-state index is -0.0885. The van der Waals surface area contributed by atoms with Crippen LogP contribution in [-0.2, 0) is 9.53 Å². The van der Waals surface area contributed by atoms with Crippen LogP contribution in [0, 0.1) is 0 Å². The van der Waals surface area contributed by atoms with E-state index < -0.39 is 0 Å². The zero-order valence-electron chi connectivity index (χ0n) is 11.3. The summed E-state index contributed by atoms with van der Waals surface area (Å²) in [7, 11) is 1.50. The van der Waals surface area contributed by atoms with Crippen molar-refractivity contribution in [2.24, 2.45) is 0 Å². The SMILES string of the molecule is COCC(=O)N1CCN(C(=O)c2ccccc2Cl)CC1. The Hall–Kier alpha value is -1.59. The van der Waals surface area contributed by atoms with Gasteiger partial charge in [-0.25, -0.2) is 0 Å². The third kappa shape index (κ3) is 3.29. The molecule has 108 valence electrons. The Morgan fingerprint density at radius 3 is 2.35 bits per heavy atom. The number of amides is 2. The lowest BCUT2D eigenvalue weighted by Gasteiger charge is -2.34. The Morgan fingerprint density at radius 2 is 1.75 bits per heavy atom. The molecule has 1 aromatic rings. The molecule has 0 radical (unpaired) electrons. The number of hydrogen-bond acceptors (Lipinski definition) is 3. The van der Waals surface area contributed by atoms with Crippen LogP contribution in [0.15, 0.2) is 24.3 Å². The summed E-state index contributed by atoms with van der Waals surface area (Å²) in [5.41, 5.74) is 0.505. The van der Waals surface area contributed by atoms with Crippen LogP contribution in [0.5, 0.6) is 0 Å². The predicted molar refractivity (Wildman–Crippen MR) is 75.8 cm³/mol. The van der Waals surface area contributed by atoms with Crippen molar-refractivity contribution in [3.63, 3.8) is 0 Å². The molecular formula is C14H17ClN2O3. The molecule has 1 aromatic carbocycles. The van der Waals surface area contributed by atoms with Crippen molar-refractivity contribution < 1.29 is 14.3 Å². The smallest absolute Gasteiger partial charge is 0.255 e. The lowest BCUT2D eigenvalue weighted by molar-refractivity contribution is -0.136. The van der Waals surface area contributed by atoms with Crippen LogP contribution in [0.1, 0.15) is 10.4 Å². The number of piperazine rings is 1. The van der Waals surface area contributed by atoms with Crippen LogP contribution in [0.4, 0.5) is 0 Å². The lowest BCUT2D eigenvalue weighted by atomic mass is 10.2. The molecule has 0 aromatic heterocycles. The summed E-state index contributed by atoms with van der Waals surface area (Å²) in [6.07, 6.45) is 0. The summed E-state index contributed by atoms with van der Waals surface area (Å²) >= 11 is 6.03. The van der Waals surface area contributed by atoms with Gasteiger partial charge in [-0.05, 0) is 12.1 Å². The number of carbonyl (C=O) groups is 2. The molecule has 5 nitrogen and oxygen atoms in total. The maximum atomic E-state index is 12.3. The second-order valence-electron chi connectivity index (χ2n) is 4.59. The molecule has 1 saturated heterocycles. The van der Waals surface area contributed by atoms with E-state index in [9.17, 15) is 9.59 Å². The van der Waals surface area contributed by atoms with Crippen molar-refractivity contribution in [1.82, 2.24) is 9.80 Å². The number of benzene rings is 1. The number of rotatable bonds is 3. The van der Waals surface area contributed by atoms with Crippen molar-refractivity contribution in [2.75, 3.05) is 39.9 Å². The largest absolute Gasteiger partial charge is 0.375 e. The maximum Gasteiger partial charge on any atom is 0.255 e. The molecule has 2 rings (SSSR count). The van der Waals surface area contributed by atoms with Gasteiger partial charge in [-0.3, -0.25) is 9.59 Å². The van der Waals surface area contributed by atoms with E-state index in [-0.39, 0.29) is 18.4 Å². The van der Waals surface area contributed by atoms with Crippen molar-refractivity contribution in [3.8, 4) is 0 Å². The topological polar surface area (TPSA) is 49.9 Å². The van der Waals surface area contributed by atoms with E-state index in [1.54, 1.807) is 34.1 Å². The Morgan fingerprint density at radius 1 is 1.15 bits per heavy atom. The Balaban J connectivity index is 1.96. The average Bonchev–Trinajstić information content (AvgIpc) is 2.47. The van der Waals surface area contributed by atoms with E-state index in [2.05, 4.69) is 0 Å². The quantitative estimate of drug-likeness (QED) is 0.844. The highest BCUT2D eigenvalue weighted by Crippen LogP contribution is 2.18. The predicted octanol–water partition coefficient (Wildman–Crippen LogP) is 1.27. The molecule has 0 saturated carbocycles. The molecule has 1 fully saturated rings. The maximum absolute atomic E-state index is 12.3. The first-order valence-electron chi connectivity index (χ1n) is 6.44. The molecule has 6 heteroatoms. The van der Waals surface area contributed by atoms with E-state index in [1.807, 2.05) is 0 Å². The zero-order chi connectivity index (χ0) is 14.5. The Labute approximate surface area is 123 Å². The third-order valence-electron chi connectivity index (χ3n) is 3.29. The van der Waals surface area contributed by atoms with Gasteiger partial charge in [0.05, 0.1) is 10.6 Å². The molecule has 0 unspecified atom stereocenters. The fourth-order valence-electron chi connectivity index (χ4n) is 2.18. The second-order valence-corrected chi connectivity index (χ2v) is 4.99. The Bertz CT molecular complexity index is 499. The van der Waals surface area contributed by atoms with E-state index in [1.165, 1.54) is 7.11 Å². The van der Waals surface area contributed by atoms with Crippen molar-refractivity contribution >= 4 is 23.4 Å². The molecule has 0 atom stereocenters. The van der Waals surface area contributed by atoms with Gasteiger partial charge in [0.1, 0.15) is 6.61 Å². The summed E-state index contributed by atoms with van der Waals surface area (Å²) in [6, 6.07) is 7.00. The monoisotopic (exact) mass is 296 g/mol. The summed E-state index contributed by atoms with van der Waals surface area (Å²) < 4.78 is 4.83. The van der Waals surface area contributed by atoms with Gasteiger partial charge in [0.25, 0.3) is 5.91 Å². The average molecular weight is 297 g/mol.